The highest BCUT2D eigenvalue weighted by Crippen LogP contribution is 2.27. The van der Waals surface area contributed by atoms with E-state index in [4.69, 9.17) is 27.9 Å². The molecule has 0 bridgehead atoms. The van der Waals surface area contributed by atoms with Crippen LogP contribution in [0.5, 0.6) is 5.75 Å². The maximum absolute atomic E-state index is 13.0. The van der Waals surface area contributed by atoms with E-state index in [9.17, 15) is 9.59 Å². The van der Waals surface area contributed by atoms with E-state index in [1.54, 1.807) is 30.1 Å². The summed E-state index contributed by atoms with van der Waals surface area (Å²) in [4.78, 5) is 26.9. The molecule has 0 saturated heterocycles. The van der Waals surface area contributed by atoms with Crippen LogP contribution < -0.4 is 10.1 Å². The quantitative estimate of drug-likeness (QED) is 0.548. The molecule has 0 aliphatic heterocycles. The van der Waals surface area contributed by atoms with Crippen LogP contribution in [-0.4, -0.2) is 36.4 Å². The third-order valence-corrected chi connectivity index (χ3v) is 5.28. The largest absolute Gasteiger partial charge is 0.494 e. The minimum Gasteiger partial charge on any atom is -0.494 e. The van der Waals surface area contributed by atoms with E-state index in [-0.39, 0.29) is 24.8 Å². The van der Waals surface area contributed by atoms with Crippen molar-refractivity contribution < 1.29 is 14.3 Å². The van der Waals surface area contributed by atoms with Crippen molar-refractivity contribution in [3.63, 3.8) is 0 Å². The van der Waals surface area contributed by atoms with E-state index < -0.39 is 6.04 Å². The third kappa shape index (κ3) is 6.65. The van der Waals surface area contributed by atoms with Crippen LogP contribution in [0, 0.1) is 0 Å². The normalized spacial score (nSPS) is 11.6. The van der Waals surface area contributed by atoms with Crippen molar-refractivity contribution in [1.82, 2.24) is 10.2 Å². The highest BCUT2D eigenvalue weighted by Gasteiger charge is 2.28. The molecule has 0 aliphatic carbocycles. The van der Waals surface area contributed by atoms with Gasteiger partial charge in [0.1, 0.15) is 11.8 Å². The molecule has 2 aromatic rings. The maximum atomic E-state index is 13.0. The van der Waals surface area contributed by atoms with Crippen molar-refractivity contribution >= 4 is 35.0 Å². The van der Waals surface area contributed by atoms with E-state index in [1.807, 2.05) is 37.3 Å². The number of hydrogen-bond donors (Lipinski definition) is 1. The number of amides is 2. The molecular formula is C22H26Cl2N2O3. The highest BCUT2D eigenvalue weighted by molar-refractivity contribution is 6.36. The van der Waals surface area contributed by atoms with Crippen LogP contribution in [0.25, 0.3) is 0 Å². The third-order valence-electron chi connectivity index (χ3n) is 4.57. The summed E-state index contributed by atoms with van der Waals surface area (Å²) in [6, 6.07) is 14.0. The fraction of sp³-hybridized carbons (Fsp3) is 0.364. The summed E-state index contributed by atoms with van der Waals surface area (Å²) in [5.41, 5.74) is 0.632. The number of likely N-dealkylation sites (N-methyl/N-ethyl adjacent to an activating group) is 1. The number of carbonyl (C=O) groups excluding carboxylic acids is 2. The number of hydrogen-bond acceptors (Lipinski definition) is 3. The Balaban J connectivity index is 2.09. The molecule has 0 fully saturated rings. The van der Waals surface area contributed by atoms with Crippen molar-refractivity contribution in [2.24, 2.45) is 0 Å². The number of para-hydroxylation sites is 1. The zero-order chi connectivity index (χ0) is 21.2. The lowest BCUT2D eigenvalue weighted by Crippen LogP contribution is -2.48. The predicted octanol–water partition coefficient (Wildman–Crippen LogP) is 4.71. The molecular weight excluding hydrogens is 411 g/mol. The molecule has 1 N–H and O–H groups in total. The van der Waals surface area contributed by atoms with Crippen LogP contribution in [0.3, 0.4) is 0 Å². The van der Waals surface area contributed by atoms with Gasteiger partial charge in [-0.25, -0.2) is 0 Å². The van der Waals surface area contributed by atoms with E-state index >= 15 is 0 Å². The Kier molecular flexibility index (Phi) is 9.29. The number of rotatable bonds is 10. The molecule has 0 saturated carbocycles. The molecule has 2 aromatic carbocycles. The van der Waals surface area contributed by atoms with Crippen molar-refractivity contribution in [2.75, 3.05) is 13.7 Å². The van der Waals surface area contributed by atoms with Crippen LogP contribution in [0.4, 0.5) is 0 Å². The Hall–Kier alpha value is -2.24. The predicted molar refractivity (Wildman–Crippen MR) is 116 cm³/mol. The zero-order valence-electron chi connectivity index (χ0n) is 16.7. The van der Waals surface area contributed by atoms with E-state index in [0.29, 0.717) is 35.1 Å². The van der Waals surface area contributed by atoms with Gasteiger partial charge < -0.3 is 15.0 Å². The second kappa shape index (κ2) is 11.7. The second-order valence-electron chi connectivity index (χ2n) is 6.53. The number of halogens is 2. The number of benzene rings is 2. The molecule has 7 heteroatoms. The highest BCUT2D eigenvalue weighted by atomic mass is 35.5. The van der Waals surface area contributed by atoms with Gasteiger partial charge in [0.2, 0.25) is 11.8 Å². The second-order valence-corrected chi connectivity index (χ2v) is 7.34. The van der Waals surface area contributed by atoms with Gasteiger partial charge in [0.15, 0.2) is 0 Å². The first-order valence-electron chi connectivity index (χ1n) is 9.59. The summed E-state index contributed by atoms with van der Waals surface area (Å²) >= 11 is 12.6. The van der Waals surface area contributed by atoms with Gasteiger partial charge in [0.25, 0.3) is 0 Å². The minimum atomic E-state index is -0.602. The average molecular weight is 437 g/mol. The number of nitrogens with zero attached hydrogens (tertiary/aromatic N) is 1. The lowest BCUT2D eigenvalue weighted by atomic mass is 10.1. The molecule has 0 heterocycles. The first-order valence-corrected chi connectivity index (χ1v) is 10.3. The fourth-order valence-corrected chi connectivity index (χ4v) is 3.53. The van der Waals surface area contributed by atoms with Crippen LogP contribution in [0.2, 0.25) is 10.0 Å². The SMILES string of the molecule is CC[C@@H](C(=O)NC)N(Cc1c(Cl)cccc1Cl)C(=O)CCCOc1ccccc1. The molecule has 2 rings (SSSR count). The maximum Gasteiger partial charge on any atom is 0.242 e. The Labute approximate surface area is 181 Å². The fourth-order valence-electron chi connectivity index (χ4n) is 3.01. The molecule has 0 unspecified atom stereocenters. The summed E-state index contributed by atoms with van der Waals surface area (Å²) < 4.78 is 5.66. The lowest BCUT2D eigenvalue weighted by Gasteiger charge is -2.31. The summed E-state index contributed by atoms with van der Waals surface area (Å²) in [6.07, 6.45) is 1.26. The van der Waals surface area contributed by atoms with E-state index in [1.165, 1.54) is 0 Å². The van der Waals surface area contributed by atoms with Gasteiger partial charge in [-0.15, -0.1) is 0 Å². The van der Waals surface area contributed by atoms with Gasteiger partial charge in [-0.2, -0.15) is 0 Å². The van der Waals surface area contributed by atoms with Crippen molar-refractivity contribution in [2.45, 2.75) is 38.8 Å². The molecule has 0 spiro atoms. The topological polar surface area (TPSA) is 58.6 Å². The molecule has 0 aromatic heterocycles. The monoisotopic (exact) mass is 436 g/mol. The zero-order valence-corrected chi connectivity index (χ0v) is 18.2. The van der Waals surface area contributed by atoms with Gasteiger partial charge in [-0.05, 0) is 37.1 Å². The van der Waals surface area contributed by atoms with Crippen LogP contribution in [0.1, 0.15) is 31.7 Å². The van der Waals surface area contributed by atoms with Crippen LogP contribution in [-0.2, 0) is 16.1 Å². The first-order chi connectivity index (χ1) is 14.0. The van der Waals surface area contributed by atoms with Crippen molar-refractivity contribution in [3.8, 4) is 5.75 Å². The van der Waals surface area contributed by atoms with Gasteiger partial charge >= 0.3 is 0 Å². The van der Waals surface area contributed by atoms with Crippen LogP contribution >= 0.6 is 23.2 Å². The number of ether oxygens (including phenoxy) is 1. The summed E-state index contributed by atoms with van der Waals surface area (Å²) in [7, 11) is 1.56. The molecule has 156 valence electrons. The summed E-state index contributed by atoms with van der Waals surface area (Å²) in [6.45, 7) is 2.45. The molecule has 5 nitrogen and oxygen atoms in total. The average Bonchev–Trinajstić information content (AvgIpc) is 2.73. The van der Waals surface area contributed by atoms with E-state index in [0.717, 1.165) is 5.75 Å². The van der Waals surface area contributed by atoms with Gasteiger partial charge in [-0.1, -0.05) is 54.4 Å². The number of carbonyl (C=O) groups is 2. The summed E-state index contributed by atoms with van der Waals surface area (Å²) in [5, 5.41) is 3.57. The molecule has 29 heavy (non-hydrogen) atoms. The standard InChI is InChI=1S/C22H26Cl2N2O3/c1-3-20(22(28)25-2)26(15-17-18(23)11-7-12-19(17)24)21(27)13-8-14-29-16-9-5-4-6-10-16/h4-7,9-12,20H,3,8,13-15H2,1-2H3,(H,25,28)/t20-/m0/s1. The Morgan fingerprint density at radius 2 is 1.72 bits per heavy atom. The molecule has 2 amide bonds. The van der Waals surface area contributed by atoms with Gasteiger partial charge in [0, 0.05) is 35.6 Å². The Bertz CT molecular complexity index is 795. The van der Waals surface area contributed by atoms with Crippen molar-refractivity contribution in [3.05, 3.63) is 64.1 Å². The lowest BCUT2D eigenvalue weighted by molar-refractivity contribution is -0.141. The Morgan fingerprint density at radius 1 is 1.07 bits per heavy atom. The first kappa shape index (κ1) is 23.0. The minimum absolute atomic E-state index is 0.145. The number of nitrogens with one attached hydrogen (secondary N) is 1. The van der Waals surface area contributed by atoms with Crippen molar-refractivity contribution in [1.29, 1.82) is 0 Å². The van der Waals surface area contributed by atoms with Crippen LogP contribution in [0.15, 0.2) is 48.5 Å². The van der Waals surface area contributed by atoms with Gasteiger partial charge in [-0.3, -0.25) is 9.59 Å². The van der Waals surface area contributed by atoms with Gasteiger partial charge in [0.05, 0.1) is 6.61 Å². The molecule has 1 atom stereocenters. The smallest absolute Gasteiger partial charge is 0.242 e. The summed E-state index contributed by atoms with van der Waals surface area (Å²) in [5.74, 6) is 0.397. The Morgan fingerprint density at radius 3 is 2.31 bits per heavy atom. The molecule has 0 aliphatic rings. The molecule has 0 radical (unpaired) electrons. The van der Waals surface area contributed by atoms with E-state index in [2.05, 4.69) is 5.32 Å².